The Balaban J connectivity index is 2.19. The lowest BCUT2D eigenvalue weighted by Gasteiger charge is -2.44. The van der Waals surface area contributed by atoms with E-state index in [9.17, 15) is 0 Å². The third-order valence-corrected chi connectivity index (χ3v) is 4.80. The minimum absolute atomic E-state index is 0.478. The zero-order valence-corrected chi connectivity index (χ0v) is 10.2. The van der Waals surface area contributed by atoms with Crippen molar-refractivity contribution in [1.29, 1.82) is 0 Å². The molecule has 0 spiro atoms. The highest BCUT2D eigenvalue weighted by Crippen LogP contribution is 2.39. The first-order chi connectivity index (χ1) is 6.10. The van der Waals surface area contributed by atoms with Crippen LogP contribution in [0, 0.1) is 5.92 Å². The van der Waals surface area contributed by atoms with Crippen molar-refractivity contribution in [2.75, 3.05) is 12.3 Å². The number of hydrogen-bond donors (Lipinski definition) is 1. The molecule has 0 radical (unpaired) electrons. The van der Waals surface area contributed by atoms with E-state index in [1.807, 2.05) is 0 Å². The first-order valence-corrected chi connectivity index (χ1v) is 6.46. The van der Waals surface area contributed by atoms with E-state index >= 15 is 0 Å². The van der Waals surface area contributed by atoms with Gasteiger partial charge in [-0.05, 0) is 26.3 Å². The van der Waals surface area contributed by atoms with Gasteiger partial charge in [0.1, 0.15) is 0 Å². The molecule has 0 aromatic rings. The second kappa shape index (κ2) is 4.70. The minimum Gasteiger partial charge on any atom is -0.312 e. The summed E-state index contributed by atoms with van der Waals surface area (Å²) in [5.41, 5.74) is 0. The lowest BCUT2D eigenvalue weighted by Crippen LogP contribution is -2.55. The number of thioether (sulfide) groups is 1. The minimum atomic E-state index is 0.478. The molecule has 1 saturated heterocycles. The fourth-order valence-corrected chi connectivity index (χ4v) is 2.89. The van der Waals surface area contributed by atoms with Crippen LogP contribution in [0.5, 0.6) is 0 Å². The summed E-state index contributed by atoms with van der Waals surface area (Å²) in [5.74, 6) is 2.18. The maximum absolute atomic E-state index is 3.69. The van der Waals surface area contributed by atoms with Crippen LogP contribution in [0.2, 0.25) is 0 Å². The Kier molecular flexibility index (Phi) is 4.11. The van der Waals surface area contributed by atoms with Crippen molar-refractivity contribution in [1.82, 2.24) is 5.32 Å². The first-order valence-electron chi connectivity index (χ1n) is 5.47. The monoisotopic (exact) mass is 201 g/mol. The van der Waals surface area contributed by atoms with Crippen LogP contribution in [-0.2, 0) is 0 Å². The molecule has 0 aromatic heterocycles. The van der Waals surface area contributed by atoms with E-state index < -0.39 is 0 Å². The van der Waals surface area contributed by atoms with Gasteiger partial charge < -0.3 is 5.32 Å². The Labute approximate surface area is 87.1 Å². The lowest BCUT2D eigenvalue weighted by atomic mass is 10.00. The molecule has 0 amide bonds. The molecule has 0 saturated carbocycles. The van der Waals surface area contributed by atoms with Gasteiger partial charge in [0.15, 0.2) is 0 Å². The zero-order valence-electron chi connectivity index (χ0n) is 9.39. The standard InChI is InChI=1S/C11H23NS/c1-5-9(6-2)7-12-10-8-13-11(10,3)4/h9-10,12H,5-8H2,1-4H3. The molecule has 13 heavy (non-hydrogen) atoms. The van der Waals surface area contributed by atoms with E-state index in [2.05, 4.69) is 44.8 Å². The van der Waals surface area contributed by atoms with Crippen LogP contribution < -0.4 is 5.32 Å². The summed E-state index contributed by atoms with van der Waals surface area (Å²) in [4.78, 5) is 0. The Bertz CT molecular complexity index is 152. The Hall–Kier alpha value is 0.310. The molecule has 1 rings (SSSR count). The highest BCUT2D eigenvalue weighted by Gasteiger charge is 2.38. The molecule has 1 N–H and O–H groups in total. The van der Waals surface area contributed by atoms with Crippen LogP contribution >= 0.6 is 11.8 Å². The van der Waals surface area contributed by atoms with Gasteiger partial charge in [0.05, 0.1) is 0 Å². The molecule has 1 unspecified atom stereocenters. The number of rotatable bonds is 5. The summed E-state index contributed by atoms with van der Waals surface area (Å²) in [6.07, 6.45) is 2.62. The second-order valence-corrected chi connectivity index (χ2v) is 6.23. The van der Waals surface area contributed by atoms with Gasteiger partial charge in [0, 0.05) is 16.5 Å². The van der Waals surface area contributed by atoms with Crippen LogP contribution in [-0.4, -0.2) is 23.1 Å². The molecule has 1 heterocycles. The molecule has 2 heteroatoms. The second-order valence-electron chi connectivity index (χ2n) is 4.56. The van der Waals surface area contributed by atoms with Gasteiger partial charge in [-0.2, -0.15) is 11.8 Å². The predicted octanol–water partition coefficient (Wildman–Crippen LogP) is 2.91. The van der Waals surface area contributed by atoms with Crippen LogP contribution in [0.4, 0.5) is 0 Å². The van der Waals surface area contributed by atoms with E-state index in [4.69, 9.17) is 0 Å². The molecular formula is C11H23NS. The lowest BCUT2D eigenvalue weighted by molar-refractivity contribution is 0.374. The Morgan fingerprint density at radius 3 is 2.31 bits per heavy atom. The van der Waals surface area contributed by atoms with Crippen molar-refractivity contribution in [3.63, 3.8) is 0 Å². The summed E-state index contributed by atoms with van der Waals surface area (Å²) in [6, 6.07) is 0.748. The third kappa shape index (κ3) is 2.88. The van der Waals surface area contributed by atoms with Gasteiger partial charge in [-0.15, -0.1) is 0 Å². The van der Waals surface area contributed by atoms with E-state index in [0.29, 0.717) is 4.75 Å². The van der Waals surface area contributed by atoms with Crippen LogP contribution in [0.25, 0.3) is 0 Å². The summed E-state index contributed by atoms with van der Waals surface area (Å²) in [7, 11) is 0. The topological polar surface area (TPSA) is 12.0 Å². The number of hydrogen-bond acceptors (Lipinski definition) is 2. The van der Waals surface area contributed by atoms with Crippen LogP contribution in [0.15, 0.2) is 0 Å². The Morgan fingerprint density at radius 1 is 1.38 bits per heavy atom. The van der Waals surface area contributed by atoms with Gasteiger partial charge in [-0.25, -0.2) is 0 Å². The molecule has 1 atom stereocenters. The highest BCUT2D eigenvalue weighted by molar-refractivity contribution is 8.02. The summed E-state index contributed by atoms with van der Waals surface area (Å²) in [6.45, 7) is 10.5. The first kappa shape index (κ1) is 11.4. The molecular weight excluding hydrogens is 178 g/mol. The molecule has 0 aliphatic carbocycles. The van der Waals surface area contributed by atoms with Crippen LogP contribution in [0.3, 0.4) is 0 Å². The molecule has 0 aromatic carbocycles. The summed E-state index contributed by atoms with van der Waals surface area (Å²) in [5, 5.41) is 3.69. The van der Waals surface area contributed by atoms with E-state index in [-0.39, 0.29) is 0 Å². The average Bonchev–Trinajstić information content (AvgIpc) is 2.11. The predicted molar refractivity (Wildman–Crippen MR) is 62.4 cm³/mol. The highest BCUT2D eigenvalue weighted by atomic mass is 32.2. The van der Waals surface area contributed by atoms with E-state index in [0.717, 1.165) is 12.0 Å². The molecule has 1 aliphatic rings. The zero-order chi connectivity index (χ0) is 9.90. The number of nitrogens with one attached hydrogen (secondary N) is 1. The van der Waals surface area contributed by atoms with Crippen molar-refractivity contribution in [3.8, 4) is 0 Å². The smallest absolute Gasteiger partial charge is 0.0300 e. The van der Waals surface area contributed by atoms with Gasteiger partial charge in [-0.3, -0.25) is 0 Å². The average molecular weight is 201 g/mol. The summed E-state index contributed by atoms with van der Waals surface area (Å²) < 4.78 is 0.478. The van der Waals surface area contributed by atoms with Crippen LogP contribution in [0.1, 0.15) is 40.5 Å². The molecule has 0 bridgehead atoms. The van der Waals surface area contributed by atoms with E-state index in [1.165, 1.54) is 25.1 Å². The maximum atomic E-state index is 3.69. The van der Waals surface area contributed by atoms with Crippen molar-refractivity contribution in [2.24, 2.45) is 5.92 Å². The van der Waals surface area contributed by atoms with Gasteiger partial charge in [0.2, 0.25) is 0 Å². The molecule has 78 valence electrons. The molecule has 1 fully saturated rings. The largest absolute Gasteiger partial charge is 0.312 e. The van der Waals surface area contributed by atoms with Crippen molar-refractivity contribution < 1.29 is 0 Å². The summed E-state index contributed by atoms with van der Waals surface area (Å²) >= 11 is 2.07. The Morgan fingerprint density at radius 2 is 2.00 bits per heavy atom. The van der Waals surface area contributed by atoms with Gasteiger partial charge in [-0.1, -0.05) is 26.7 Å². The molecule has 1 nitrogen and oxygen atoms in total. The van der Waals surface area contributed by atoms with Gasteiger partial charge >= 0.3 is 0 Å². The van der Waals surface area contributed by atoms with Crippen molar-refractivity contribution in [2.45, 2.75) is 51.3 Å². The fraction of sp³-hybridized carbons (Fsp3) is 1.00. The normalized spacial score (nSPS) is 26.1. The van der Waals surface area contributed by atoms with Crippen molar-refractivity contribution in [3.05, 3.63) is 0 Å². The quantitative estimate of drug-likeness (QED) is 0.734. The third-order valence-electron chi connectivity index (χ3n) is 3.27. The maximum Gasteiger partial charge on any atom is 0.0300 e. The fourth-order valence-electron chi connectivity index (χ4n) is 1.69. The SMILES string of the molecule is CCC(CC)CNC1CSC1(C)C. The van der Waals surface area contributed by atoms with Gasteiger partial charge in [0.25, 0.3) is 0 Å². The van der Waals surface area contributed by atoms with Crippen molar-refractivity contribution >= 4 is 11.8 Å². The molecule has 1 aliphatic heterocycles. The van der Waals surface area contributed by atoms with E-state index in [1.54, 1.807) is 0 Å².